The molecule has 0 unspecified atom stereocenters. The summed E-state index contributed by atoms with van der Waals surface area (Å²) >= 11 is 0. The van der Waals surface area contributed by atoms with E-state index in [1.165, 1.54) is 0 Å². The van der Waals surface area contributed by atoms with Gasteiger partial charge in [0.25, 0.3) is 0 Å². The van der Waals surface area contributed by atoms with Crippen molar-refractivity contribution >= 4 is 23.9 Å². The van der Waals surface area contributed by atoms with Gasteiger partial charge in [0.15, 0.2) is 24.6 Å². The molecule has 0 amide bonds. The van der Waals surface area contributed by atoms with Crippen LogP contribution < -0.4 is 0 Å². The van der Waals surface area contributed by atoms with Crippen molar-refractivity contribution in [3.63, 3.8) is 0 Å². The van der Waals surface area contributed by atoms with Crippen LogP contribution in [0.3, 0.4) is 0 Å². The van der Waals surface area contributed by atoms with Gasteiger partial charge in [0.2, 0.25) is 0 Å². The molecule has 0 saturated carbocycles. The lowest BCUT2D eigenvalue weighted by atomic mass is 9.97. The first kappa shape index (κ1) is 32.6. The van der Waals surface area contributed by atoms with Crippen LogP contribution in [0, 0.1) is 0 Å². The molecule has 0 spiro atoms. The summed E-state index contributed by atoms with van der Waals surface area (Å²) < 4.78 is 41.2. The molecule has 4 aromatic rings. The van der Waals surface area contributed by atoms with Crippen LogP contribution in [-0.2, 0) is 33.2 Å². The van der Waals surface area contributed by atoms with E-state index in [-0.39, 0.29) is 35.0 Å². The van der Waals surface area contributed by atoms with Gasteiger partial charge < -0.3 is 33.2 Å². The third-order valence-corrected chi connectivity index (χ3v) is 7.59. The summed E-state index contributed by atoms with van der Waals surface area (Å²) in [5.74, 6) is -2.98. The van der Waals surface area contributed by atoms with E-state index < -0.39 is 61.2 Å². The van der Waals surface area contributed by atoms with Crippen molar-refractivity contribution in [3.05, 3.63) is 144 Å². The molecule has 2 heterocycles. The summed E-state index contributed by atoms with van der Waals surface area (Å²) in [6.45, 7) is 0.0937. The van der Waals surface area contributed by atoms with Crippen LogP contribution in [0.15, 0.2) is 121 Å². The summed E-state index contributed by atoms with van der Waals surface area (Å²) in [4.78, 5) is 53.5. The fourth-order valence-corrected chi connectivity index (χ4v) is 5.03. The molecule has 11 heteroatoms. The minimum absolute atomic E-state index is 0.0639. The fourth-order valence-electron chi connectivity index (χ4n) is 5.03. The first-order valence-corrected chi connectivity index (χ1v) is 15.3. The van der Waals surface area contributed by atoms with Crippen LogP contribution >= 0.6 is 0 Å². The summed E-state index contributed by atoms with van der Waals surface area (Å²) in [5, 5.41) is 0. The molecule has 0 N–H and O–H groups in total. The molecule has 0 bridgehead atoms. The number of hydrogen-bond donors (Lipinski definition) is 0. The summed E-state index contributed by atoms with van der Waals surface area (Å²) in [6.07, 6.45) is -7.12. The van der Waals surface area contributed by atoms with E-state index >= 15 is 0 Å². The van der Waals surface area contributed by atoms with Gasteiger partial charge in [0.05, 0.1) is 35.5 Å². The fraction of sp³-hybridized carbons (Fsp3) is 0.243. The van der Waals surface area contributed by atoms with Gasteiger partial charge >= 0.3 is 23.9 Å². The molecule has 4 aromatic carbocycles. The van der Waals surface area contributed by atoms with Crippen molar-refractivity contribution in [2.24, 2.45) is 0 Å². The highest BCUT2D eigenvalue weighted by atomic mass is 16.7. The van der Waals surface area contributed by atoms with E-state index in [1.54, 1.807) is 121 Å². The molecule has 48 heavy (non-hydrogen) atoms. The second-order valence-corrected chi connectivity index (χ2v) is 11.0. The number of ether oxygens (including phenoxy) is 7. The van der Waals surface area contributed by atoms with Crippen LogP contribution in [0.4, 0.5) is 0 Å². The summed E-state index contributed by atoms with van der Waals surface area (Å²) in [6, 6.07) is 32.8. The number of benzene rings is 4. The Bertz CT molecular complexity index is 1680. The van der Waals surface area contributed by atoms with E-state index in [0.29, 0.717) is 6.61 Å². The van der Waals surface area contributed by atoms with Gasteiger partial charge in [-0.1, -0.05) is 72.8 Å². The van der Waals surface area contributed by atoms with E-state index in [2.05, 4.69) is 0 Å². The zero-order valence-electron chi connectivity index (χ0n) is 25.6. The Kier molecular flexibility index (Phi) is 10.5. The summed E-state index contributed by atoms with van der Waals surface area (Å²) in [5.41, 5.74) is 0.895. The maximum absolute atomic E-state index is 13.6. The SMILES string of the molecule is O=C(OC[C@H]1O[C@@H](OC[C@H]2CO2)[C@H](OC(=O)c2ccccc2)[C@@H](OC(=O)c2ccccc2)[C@H]1OC(=O)c1ccccc1)c1ccccc1. The molecular formula is C37H32O11. The lowest BCUT2D eigenvalue weighted by Gasteiger charge is -2.44. The van der Waals surface area contributed by atoms with E-state index in [9.17, 15) is 19.2 Å². The lowest BCUT2D eigenvalue weighted by molar-refractivity contribution is -0.299. The monoisotopic (exact) mass is 652 g/mol. The third kappa shape index (κ3) is 8.31. The topological polar surface area (TPSA) is 136 Å². The van der Waals surface area contributed by atoms with Crippen molar-refractivity contribution < 1.29 is 52.3 Å². The van der Waals surface area contributed by atoms with Crippen LogP contribution in [0.5, 0.6) is 0 Å². The maximum Gasteiger partial charge on any atom is 0.338 e. The van der Waals surface area contributed by atoms with Crippen molar-refractivity contribution in [2.75, 3.05) is 19.8 Å². The molecule has 0 aliphatic carbocycles. The average molecular weight is 653 g/mol. The molecule has 2 saturated heterocycles. The first-order valence-electron chi connectivity index (χ1n) is 15.3. The molecule has 2 fully saturated rings. The van der Waals surface area contributed by atoms with Gasteiger partial charge in [-0.3, -0.25) is 0 Å². The van der Waals surface area contributed by atoms with Crippen molar-refractivity contribution in [1.82, 2.24) is 0 Å². The zero-order chi connectivity index (χ0) is 33.3. The van der Waals surface area contributed by atoms with Gasteiger partial charge in [0, 0.05) is 0 Å². The molecular weight excluding hydrogens is 620 g/mol. The Morgan fingerprint density at radius 3 is 1.35 bits per heavy atom. The van der Waals surface area contributed by atoms with Crippen LogP contribution in [0.2, 0.25) is 0 Å². The number of carbonyl (C=O) groups is 4. The maximum atomic E-state index is 13.6. The second kappa shape index (κ2) is 15.5. The zero-order valence-corrected chi connectivity index (χ0v) is 25.6. The van der Waals surface area contributed by atoms with Gasteiger partial charge in [-0.05, 0) is 48.5 Å². The minimum Gasteiger partial charge on any atom is -0.459 e. The first-order chi connectivity index (χ1) is 23.5. The molecule has 0 radical (unpaired) electrons. The number of hydrogen-bond acceptors (Lipinski definition) is 11. The van der Waals surface area contributed by atoms with Gasteiger partial charge in [-0.2, -0.15) is 0 Å². The highest BCUT2D eigenvalue weighted by Gasteiger charge is 2.54. The Balaban J connectivity index is 1.36. The van der Waals surface area contributed by atoms with E-state index in [1.807, 2.05) is 0 Å². The Morgan fingerprint density at radius 2 is 0.917 bits per heavy atom. The number of carbonyl (C=O) groups excluding carboxylic acids is 4. The Labute approximate surface area is 276 Å². The molecule has 2 aliphatic heterocycles. The normalized spacial score (nSPS) is 22.9. The molecule has 6 atom stereocenters. The van der Waals surface area contributed by atoms with E-state index in [0.717, 1.165) is 0 Å². The lowest BCUT2D eigenvalue weighted by Crippen LogP contribution is -2.63. The predicted octanol–water partition coefficient (Wildman–Crippen LogP) is 4.66. The number of esters is 4. The second-order valence-electron chi connectivity index (χ2n) is 11.0. The van der Waals surface area contributed by atoms with E-state index in [4.69, 9.17) is 33.2 Å². The van der Waals surface area contributed by atoms with Crippen molar-refractivity contribution in [3.8, 4) is 0 Å². The highest BCUT2D eigenvalue weighted by Crippen LogP contribution is 2.32. The molecule has 0 aromatic heterocycles. The third-order valence-electron chi connectivity index (χ3n) is 7.59. The Hall–Kier alpha value is -5.36. The molecule has 11 nitrogen and oxygen atoms in total. The van der Waals surface area contributed by atoms with Crippen LogP contribution in [0.1, 0.15) is 41.4 Å². The van der Waals surface area contributed by atoms with Gasteiger partial charge in [-0.15, -0.1) is 0 Å². The molecule has 6 rings (SSSR count). The highest BCUT2D eigenvalue weighted by molar-refractivity contribution is 5.91. The van der Waals surface area contributed by atoms with Crippen LogP contribution in [0.25, 0.3) is 0 Å². The largest absolute Gasteiger partial charge is 0.459 e. The van der Waals surface area contributed by atoms with Gasteiger partial charge in [0.1, 0.15) is 18.8 Å². The smallest absolute Gasteiger partial charge is 0.338 e. The van der Waals surface area contributed by atoms with Crippen molar-refractivity contribution in [2.45, 2.75) is 36.8 Å². The number of rotatable bonds is 12. The molecule has 246 valence electrons. The van der Waals surface area contributed by atoms with Gasteiger partial charge in [-0.25, -0.2) is 19.2 Å². The quantitative estimate of drug-likeness (QED) is 0.120. The number of epoxide rings is 1. The van der Waals surface area contributed by atoms with Crippen molar-refractivity contribution in [1.29, 1.82) is 0 Å². The average Bonchev–Trinajstić information content (AvgIpc) is 3.98. The molecule has 2 aliphatic rings. The van der Waals surface area contributed by atoms with Crippen LogP contribution in [-0.4, -0.2) is 80.5 Å². The standard InChI is InChI=1S/C37H32O11/c38-33(24-13-5-1-6-14-24)43-23-29-30(46-34(39)25-15-7-2-8-16-25)31(47-35(40)26-17-9-3-10-18-26)32(37(45-29)44-22-28-21-42-28)48-36(41)27-19-11-4-12-20-27/h1-20,28-32,37H,21-23H2/t28-,29-,30+,31+,32-,37-/m1/s1. The summed E-state index contributed by atoms with van der Waals surface area (Å²) in [7, 11) is 0. The minimum atomic E-state index is -1.47. The predicted molar refractivity (Wildman–Crippen MR) is 168 cm³/mol. The Morgan fingerprint density at radius 1 is 0.521 bits per heavy atom.